The van der Waals surface area contributed by atoms with E-state index in [1.54, 1.807) is 30.3 Å². The van der Waals surface area contributed by atoms with Crippen LogP contribution in [0.15, 0.2) is 60.7 Å². The first kappa shape index (κ1) is 20.6. The normalized spacial score (nSPS) is 13.9. The molecule has 27 heavy (non-hydrogen) atoms. The minimum Gasteiger partial charge on any atom is -0.426 e. The van der Waals surface area contributed by atoms with Crippen LogP contribution in [0.5, 0.6) is 0 Å². The highest BCUT2D eigenvalue weighted by atomic mass is 16.4. The van der Waals surface area contributed by atoms with E-state index in [1.807, 2.05) is 30.3 Å². The minimum absolute atomic E-state index is 0.350. The van der Waals surface area contributed by atoms with E-state index >= 15 is 0 Å². The Bertz CT molecular complexity index is 743. The second-order valence-corrected chi connectivity index (χ2v) is 6.34. The van der Waals surface area contributed by atoms with Crippen LogP contribution in [0.4, 0.5) is 0 Å². The van der Waals surface area contributed by atoms with Crippen LogP contribution < -0.4 is 16.4 Å². The number of nitrogens with one attached hydrogen (secondary N) is 2. The zero-order chi connectivity index (χ0) is 19.8. The van der Waals surface area contributed by atoms with Gasteiger partial charge in [-0.25, -0.2) is 0 Å². The van der Waals surface area contributed by atoms with Crippen molar-refractivity contribution in [3.8, 4) is 0 Å². The van der Waals surface area contributed by atoms with Crippen LogP contribution in [0.2, 0.25) is 0 Å². The molecule has 0 bridgehead atoms. The second-order valence-electron chi connectivity index (χ2n) is 6.34. The molecule has 6 N–H and O–H groups in total. The molecule has 2 amide bonds. The molecular weight excluding hydrogens is 345 g/mol. The van der Waals surface area contributed by atoms with Crippen molar-refractivity contribution >= 4 is 18.9 Å². The molecule has 3 atom stereocenters. The summed E-state index contributed by atoms with van der Waals surface area (Å²) in [7, 11) is -1.78. The van der Waals surface area contributed by atoms with Gasteiger partial charge in [0.25, 0.3) is 0 Å². The summed E-state index contributed by atoms with van der Waals surface area (Å²) in [5.41, 5.74) is 7.38. The molecule has 0 radical (unpaired) electrons. The predicted molar refractivity (Wildman–Crippen MR) is 103 cm³/mol. The standard InChI is InChI=1S/C19H24BN3O4/c1-13(22-19(25)16(21)12-14-8-4-2-5-9-14)18(24)23-17(20(26)27)15-10-6-3-7-11-15/h2-11,13,16-17,26-27H,12,21H2,1H3,(H,22,25)(H,23,24)/t13-,16-,17-/m0/s1. The van der Waals surface area contributed by atoms with E-state index < -0.39 is 37.0 Å². The first-order chi connectivity index (χ1) is 12.9. The van der Waals surface area contributed by atoms with Crippen molar-refractivity contribution in [3.63, 3.8) is 0 Å². The summed E-state index contributed by atoms with van der Waals surface area (Å²) >= 11 is 0. The molecule has 0 aliphatic heterocycles. The predicted octanol–water partition coefficient (Wildman–Crippen LogP) is -0.0694. The third kappa shape index (κ3) is 6.21. The maximum atomic E-state index is 12.4. The summed E-state index contributed by atoms with van der Waals surface area (Å²) in [5, 5.41) is 24.2. The highest BCUT2D eigenvalue weighted by Gasteiger charge is 2.29. The van der Waals surface area contributed by atoms with Gasteiger partial charge in [0, 0.05) is 0 Å². The van der Waals surface area contributed by atoms with E-state index in [0.717, 1.165) is 5.56 Å². The lowest BCUT2D eigenvalue weighted by Gasteiger charge is -2.22. The van der Waals surface area contributed by atoms with Gasteiger partial charge in [0.1, 0.15) is 6.04 Å². The van der Waals surface area contributed by atoms with Gasteiger partial charge in [-0.1, -0.05) is 60.7 Å². The van der Waals surface area contributed by atoms with Crippen LogP contribution in [0.1, 0.15) is 24.0 Å². The molecule has 2 aromatic rings. The molecular formula is C19H24BN3O4. The monoisotopic (exact) mass is 369 g/mol. The quantitative estimate of drug-likeness (QED) is 0.417. The van der Waals surface area contributed by atoms with Gasteiger partial charge < -0.3 is 26.4 Å². The average molecular weight is 369 g/mol. The van der Waals surface area contributed by atoms with E-state index in [4.69, 9.17) is 5.73 Å². The third-order valence-corrected chi connectivity index (χ3v) is 4.14. The van der Waals surface area contributed by atoms with Crippen molar-refractivity contribution in [3.05, 3.63) is 71.8 Å². The highest BCUT2D eigenvalue weighted by Crippen LogP contribution is 2.13. The Morgan fingerprint density at radius 3 is 2.07 bits per heavy atom. The van der Waals surface area contributed by atoms with Gasteiger partial charge in [-0.05, 0) is 24.5 Å². The average Bonchev–Trinajstić information content (AvgIpc) is 2.66. The van der Waals surface area contributed by atoms with Crippen LogP contribution in [0.25, 0.3) is 0 Å². The Kier molecular flexibility index (Phi) is 7.54. The van der Waals surface area contributed by atoms with E-state index in [-0.39, 0.29) is 0 Å². The van der Waals surface area contributed by atoms with Crippen molar-refractivity contribution in [1.82, 2.24) is 10.6 Å². The maximum Gasteiger partial charge on any atom is 0.480 e. The van der Waals surface area contributed by atoms with E-state index in [9.17, 15) is 19.6 Å². The van der Waals surface area contributed by atoms with Gasteiger partial charge in [-0.2, -0.15) is 0 Å². The van der Waals surface area contributed by atoms with Crippen molar-refractivity contribution < 1.29 is 19.6 Å². The van der Waals surface area contributed by atoms with Crippen LogP contribution in [0, 0.1) is 0 Å². The lowest BCUT2D eigenvalue weighted by molar-refractivity contribution is -0.129. The molecule has 0 spiro atoms. The van der Waals surface area contributed by atoms with Crippen LogP contribution >= 0.6 is 0 Å². The number of hydrogen-bond donors (Lipinski definition) is 5. The Balaban J connectivity index is 1.92. The van der Waals surface area contributed by atoms with Crippen molar-refractivity contribution in [2.45, 2.75) is 31.4 Å². The summed E-state index contributed by atoms with van der Waals surface area (Å²) < 4.78 is 0. The first-order valence-corrected chi connectivity index (χ1v) is 8.70. The van der Waals surface area contributed by atoms with Crippen LogP contribution in [-0.4, -0.2) is 41.1 Å². The van der Waals surface area contributed by atoms with Gasteiger partial charge >= 0.3 is 7.12 Å². The first-order valence-electron chi connectivity index (χ1n) is 8.70. The zero-order valence-corrected chi connectivity index (χ0v) is 15.1. The second kappa shape index (κ2) is 9.87. The lowest BCUT2D eigenvalue weighted by atomic mass is 9.75. The van der Waals surface area contributed by atoms with Gasteiger partial charge in [0.05, 0.1) is 12.0 Å². The van der Waals surface area contributed by atoms with E-state index in [0.29, 0.717) is 12.0 Å². The molecule has 0 aliphatic rings. The number of carbonyl (C=O) groups is 2. The Hall–Kier alpha value is -2.68. The topological polar surface area (TPSA) is 125 Å². The fourth-order valence-electron chi connectivity index (χ4n) is 2.62. The fourth-order valence-corrected chi connectivity index (χ4v) is 2.62. The molecule has 0 saturated heterocycles. The molecule has 0 unspecified atom stereocenters. The van der Waals surface area contributed by atoms with Crippen molar-refractivity contribution in [1.29, 1.82) is 0 Å². The number of amides is 2. The molecule has 0 aromatic heterocycles. The summed E-state index contributed by atoms with van der Waals surface area (Å²) in [6, 6.07) is 16.2. The number of rotatable bonds is 8. The number of carbonyl (C=O) groups excluding carboxylic acids is 2. The molecule has 2 rings (SSSR count). The molecule has 0 aliphatic carbocycles. The minimum atomic E-state index is -1.78. The molecule has 7 nitrogen and oxygen atoms in total. The van der Waals surface area contributed by atoms with E-state index in [2.05, 4.69) is 10.6 Å². The maximum absolute atomic E-state index is 12.4. The summed E-state index contributed by atoms with van der Waals surface area (Å²) in [5.74, 6) is -2.00. The van der Waals surface area contributed by atoms with E-state index in [1.165, 1.54) is 6.92 Å². The van der Waals surface area contributed by atoms with Crippen molar-refractivity contribution in [2.75, 3.05) is 0 Å². The number of benzene rings is 2. The van der Waals surface area contributed by atoms with Gasteiger partial charge in [-0.15, -0.1) is 0 Å². The molecule has 142 valence electrons. The fraction of sp³-hybridized carbons (Fsp3) is 0.263. The molecule has 0 heterocycles. The Morgan fingerprint density at radius 2 is 1.52 bits per heavy atom. The summed E-state index contributed by atoms with van der Waals surface area (Å²) in [6.45, 7) is 1.51. The van der Waals surface area contributed by atoms with Crippen LogP contribution in [0.3, 0.4) is 0 Å². The van der Waals surface area contributed by atoms with Crippen LogP contribution in [-0.2, 0) is 16.0 Å². The smallest absolute Gasteiger partial charge is 0.426 e. The Morgan fingerprint density at radius 1 is 0.963 bits per heavy atom. The third-order valence-electron chi connectivity index (χ3n) is 4.14. The van der Waals surface area contributed by atoms with Gasteiger partial charge in [0.15, 0.2) is 0 Å². The molecule has 0 fully saturated rings. The number of hydrogen-bond acceptors (Lipinski definition) is 5. The van der Waals surface area contributed by atoms with Crippen molar-refractivity contribution in [2.24, 2.45) is 5.73 Å². The highest BCUT2D eigenvalue weighted by molar-refractivity contribution is 6.43. The summed E-state index contributed by atoms with van der Waals surface area (Å²) in [6.07, 6.45) is 0.350. The Labute approximate surface area is 158 Å². The largest absolute Gasteiger partial charge is 0.480 e. The number of nitrogens with two attached hydrogens (primary N) is 1. The lowest BCUT2D eigenvalue weighted by Crippen LogP contribution is -2.52. The van der Waals surface area contributed by atoms with Gasteiger partial charge in [0.2, 0.25) is 11.8 Å². The molecule has 8 heteroatoms. The SMILES string of the molecule is C[C@H](NC(=O)[C@@H](N)Cc1ccccc1)C(=O)N[C@H](B(O)O)c1ccccc1. The summed E-state index contributed by atoms with van der Waals surface area (Å²) in [4.78, 5) is 24.6. The van der Waals surface area contributed by atoms with Gasteiger partial charge in [-0.3, -0.25) is 9.59 Å². The molecule has 0 saturated carbocycles. The molecule has 2 aromatic carbocycles. The zero-order valence-electron chi connectivity index (χ0n) is 15.1.